The molecule has 0 aliphatic heterocycles. The molecule has 1 unspecified atom stereocenters. The minimum atomic E-state index is -0.563. The summed E-state index contributed by atoms with van der Waals surface area (Å²) in [5.74, 6) is -0.912. The number of esters is 2. The van der Waals surface area contributed by atoms with E-state index in [1.54, 1.807) is 0 Å². The summed E-state index contributed by atoms with van der Waals surface area (Å²) in [4.78, 5) is 22.9. The second-order valence-electron chi connectivity index (χ2n) is 5.49. The highest BCUT2D eigenvalue weighted by molar-refractivity contribution is 5.87. The third kappa shape index (κ3) is 4.49. The van der Waals surface area contributed by atoms with Gasteiger partial charge in [0.05, 0.1) is 5.41 Å². The first-order chi connectivity index (χ1) is 7.73. The molecular weight excluding hydrogens is 216 g/mol. The van der Waals surface area contributed by atoms with Gasteiger partial charge in [-0.25, -0.2) is 0 Å². The molecule has 0 N–H and O–H groups in total. The van der Waals surface area contributed by atoms with Gasteiger partial charge < -0.3 is 4.74 Å². The first-order valence-corrected chi connectivity index (χ1v) is 6.46. The smallest absolute Gasteiger partial charge is 0.319 e. The molecule has 0 rings (SSSR count). The van der Waals surface area contributed by atoms with Crippen molar-refractivity contribution in [3.05, 3.63) is 0 Å². The van der Waals surface area contributed by atoms with Crippen LogP contribution in [-0.4, -0.2) is 11.9 Å². The van der Waals surface area contributed by atoms with Crippen LogP contribution in [-0.2, 0) is 14.3 Å². The van der Waals surface area contributed by atoms with Gasteiger partial charge >= 0.3 is 11.9 Å². The summed E-state index contributed by atoms with van der Waals surface area (Å²) in [6, 6.07) is 0. The molecule has 0 aliphatic carbocycles. The van der Waals surface area contributed by atoms with E-state index in [4.69, 9.17) is 4.74 Å². The van der Waals surface area contributed by atoms with Gasteiger partial charge in [-0.3, -0.25) is 9.59 Å². The average molecular weight is 242 g/mol. The fourth-order valence-electron chi connectivity index (χ4n) is 2.04. The van der Waals surface area contributed by atoms with Crippen LogP contribution in [0.5, 0.6) is 0 Å². The van der Waals surface area contributed by atoms with E-state index in [0.717, 1.165) is 19.3 Å². The van der Waals surface area contributed by atoms with E-state index in [1.165, 1.54) is 6.92 Å². The molecule has 0 radical (unpaired) electrons. The van der Waals surface area contributed by atoms with E-state index in [-0.39, 0.29) is 11.4 Å². The normalized spacial score (nSPS) is 15.2. The highest BCUT2D eigenvalue weighted by Gasteiger charge is 2.39. The maximum absolute atomic E-state index is 12.0. The molecule has 0 aromatic rings. The predicted molar refractivity (Wildman–Crippen MR) is 68.5 cm³/mol. The zero-order valence-corrected chi connectivity index (χ0v) is 12.1. The summed E-state index contributed by atoms with van der Waals surface area (Å²) >= 11 is 0. The third-order valence-corrected chi connectivity index (χ3v) is 4.03. The number of carbonyl (C=O) groups excluding carboxylic acids is 2. The first-order valence-electron chi connectivity index (χ1n) is 6.46. The highest BCUT2D eigenvalue weighted by atomic mass is 16.6. The van der Waals surface area contributed by atoms with Gasteiger partial charge in [0, 0.05) is 6.92 Å². The molecule has 0 aromatic heterocycles. The van der Waals surface area contributed by atoms with Crippen LogP contribution >= 0.6 is 0 Å². The summed E-state index contributed by atoms with van der Waals surface area (Å²) in [6.07, 6.45) is 3.49. The SMILES string of the molecule is CCC(C)(CC)CC(C)(CC)C(=O)OC(C)=O. The van der Waals surface area contributed by atoms with Crippen molar-refractivity contribution in [1.29, 1.82) is 0 Å². The Hall–Kier alpha value is -0.860. The predicted octanol–water partition coefficient (Wildman–Crippen LogP) is 3.71. The lowest BCUT2D eigenvalue weighted by atomic mass is 9.69. The molecule has 0 heterocycles. The van der Waals surface area contributed by atoms with Crippen LogP contribution < -0.4 is 0 Å². The Morgan fingerprint density at radius 3 is 1.76 bits per heavy atom. The van der Waals surface area contributed by atoms with Crippen molar-refractivity contribution >= 4 is 11.9 Å². The summed E-state index contributed by atoms with van der Waals surface area (Å²) in [5.41, 5.74) is -0.437. The molecule has 0 fully saturated rings. The van der Waals surface area contributed by atoms with E-state index in [9.17, 15) is 9.59 Å². The lowest BCUT2D eigenvalue weighted by molar-refractivity contribution is -0.167. The Kier molecular flexibility index (Phi) is 5.86. The van der Waals surface area contributed by atoms with Gasteiger partial charge in [0.15, 0.2) is 0 Å². The fraction of sp³-hybridized carbons (Fsp3) is 0.857. The molecule has 0 aliphatic rings. The molecule has 0 amide bonds. The van der Waals surface area contributed by atoms with Crippen molar-refractivity contribution in [3.8, 4) is 0 Å². The molecule has 17 heavy (non-hydrogen) atoms. The van der Waals surface area contributed by atoms with Crippen molar-refractivity contribution in [3.63, 3.8) is 0 Å². The lowest BCUT2D eigenvalue weighted by Gasteiger charge is -2.36. The summed E-state index contributed by atoms with van der Waals surface area (Å²) < 4.78 is 4.76. The van der Waals surface area contributed by atoms with Crippen molar-refractivity contribution in [1.82, 2.24) is 0 Å². The van der Waals surface area contributed by atoms with Gasteiger partial charge in [0.2, 0.25) is 0 Å². The first kappa shape index (κ1) is 16.1. The number of hydrogen-bond acceptors (Lipinski definition) is 3. The Bertz CT molecular complexity index is 279. The molecule has 100 valence electrons. The molecule has 0 bridgehead atoms. The molecule has 0 saturated carbocycles. The van der Waals surface area contributed by atoms with E-state index in [0.29, 0.717) is 6.42 Å². The largest absolute Gasteiger partial charge is 0.393 e. The van der Waals surface area contributed by atoms with Gasteiger partial charge in [-0.2, -0.15) is 0 Å². The van der Waals surface area contributed by atoms with Crippen LogP contribution in [0.2, 0.25) is 0 Å². The number of carbonyl (C=O) groups is 2. The molecule has 1 atom stereocenters. The van der Waals surface area contributed by atoms with Gasteiger partial charge in [-0.1, -0.05) is 40.5 Å². The van der Waals surface area contributed by atoms with E-state index < -0.39 is 11.4 Å². The summed E-state index contributed by atoms with van der Waals surface area (Å²) in [5, 5.41) is 0. The lowest BCUT2D eigenvalue weighted by Crippen LogP contribution is -2.35. The summed E-state index contributed by atoms with van der Waals surface area (Å²) in [6.45, 7) is 11.6. The van der Waals surface area contributed by atoms with E-state index >= 15 is 0 Å². The Morgan fingerprint density at radius 1 is 1.00 bits per heavy atom. The Balaban J connectivity index is 4.90. The van der Waals surface area contributed by atoms with Gasteiger partial charge in [-0.15, -0.1) is 0 Å². The number of ether oxygens (including phenoxy) is 1. The van der Waals surface area contributed by atoms with Crippen molar-refractivity contribution in [2.75, 3.05) is 0 Å². The molecule has 0 spiro atoms. The van der Waals surface area contributed by atoms with Crippen LogP contribution in [0, 0.1) is 10.8 Å². The quantitative estimate of drug-likeness (QED) is 0.527. The Morgan fingerprint density at radius 2 is 1.47 bits per heavy atom. The van der Waals surface area contributed by atoms with Gasteiger partial charge in [0.25, 0.3) is 0 Å². The number of rotatable bonds is 6. The zero-order chi connectivity index (χ0) is 13.7. The summed E-state index contributed by atoms with van der Waals surface area (Å²) in [7, 11) is 0. The van der Waals surface area contributed by atoms with Crippen LogP contribution in [0.15, 0.2) is 0 Å². The minimum Gasteiger partial charge on any atom is -0.393 e. The maximum atomic E-state index is 12.0. The van der Waals surface area contributed by atoms with Crippen molar-refractivity contribution in [2.24, 2.45) is 10.8 Å². The van der Waals surface area contributed by atoms with Gasteiger partial charge in [0.1, 0.15) is 0 Å². The van der Waals surface area contributed by atoms with Crippen LogP contribution in [0.1, 0.15) is 67.2 Å². The van der Waals surface area contributed by atoms with Crippen LogP contribution in [0.4, 0.5) is 0 Å². The van der Waals surface area contributed by atoms with Crippen LogP contribution in [0.3, 0.4) is 0 Å². The third-order valence-electron chi connectivity index (χ3n) is 4.03. The van der Waals surface area contributed by atoms with E-state index in [1.807, 2.05) is 13.8 Å². The molecule has 3 nitrogen and oxygen atoms in total. The van der Waals surface area contributed by atoms with Crippen molar-refractivity contribution in [2.45, 2.75) is 67.2 Å². The van der Waals surface area contributed by atoms with E-state index in [2.05, 4.69) is 20.8 Å². The van der Waals surface area contributed by atoms with Crippen molar-refractivity contribution < 1.29 is 14.3 Å². The second-order valence-corrected chi connectivity index (χ2v) is 5.49. The Labute approximate surface area is 105 Å². The fourth-order valence-corrected chi connectivity index (χ4v) is 2.04. The number of hydrogen-bond donors (Lipinski definition) is 0. The molecular formula is C14H26O3. The molecule has 3 heteroatoms. The van der Waals surface area contributed by atoms with Crippen LogP contribution in [0.25, 0.3) is 0 Å². The monoisotopic (exact) mass is 242 g/mol. The second kappa shape index (κ2) is 6.18. The average Bonchev–Trinajstić information content (AvgIpc) is 2.27. The topological polar surface area (TPSA) is 43.4 Å². The molecule has 0 aromatic carbocycles. The zero-order valence-electron chi connectivity index (χ0n) is 12.1. The maximum Gasteiger partial charge on any atom is 0.319 e. The molecule has 0 saturated heterocycles. The highest BCUT2D eigenvalue weighted by Crippen LogP contribution is 2.41. The minimum absolute atomic E-state index is 0.126. The van der Waals surface area contributed by atoms with Gasteiger partial charge in [-0.05, 0) is 25.2 Å². The standard InChI is InChI=1S/C14H26O3/c1-7-13(5,8-2)10-14(6,9-3)12(16)17-11(4)15/h7-10H2,1-6H3.